The van der Waals surface area contributed by atoms with E-state index in [4.69, 9.17) is 21.7 Å². The number of methoxy groups -OCH3 is 1. The second-order valence-electron chi connectivity index (χ2n) is 5.84. The average molecular weight is 414 g/mol. The Bertz CT molecular complexity index is 958. The second kappa shape index (κ2) is 8.45. The summed E-state index contributed by atoms with van der Waals surface area (Å²) in [5, 5.41) is 10.9. The number of carboxylic acids is 1. The van der Waals surface area contributed by atoms with E-state index in [-0.39, 0.29) is 11.7 Å². The molecule has 8 heteroatoms. The molecule has 0 spiro atoms. The molecule has 1 aliphatic rings. The lowest BCUT2D eigenvalue weighted by Gasteiger charge is -2.17. The molecular formula is C20H16NO5S2-. The summed E-state index contributed by atoms with van der Waals surface area (Å²) >= 11 is 6.57. The predicted molar refractivity (Wildman–Crippen MR) is 110 cm³/mol. The summed E-state index contributed by atoms with van der Waals surface area (Å²) in [7, 11) is 1.45. The van der Waals surface area contributed by atoms with Gasteiger partial charge in [0.2, 0.25) is 0 Å². The van der Waals surface area contributed by atoms with E-state index in [1.807, 2.05) is 30.3 Å². The number of thioether (sulfide) groups is 1. The van der Waals surface area contributed by atoms with Gasteiger partial charge in [-0.15, -0.1) is 0 Å². The molecule has 0 aromatic heterocycles. The molecule has 28 heavy (non-hydrogen) atoms. The van der Waals surface area contributed by atoms with Gasteiger partial charge in [0.15, 0.2) is 15.8 Å². The molecular weight excluding hydrogens is 398 g/mol. The molecule has 1 amide bonds. The number of ether oxygens (including phenoxy) is 2. The van der Waals surface area contributed by atoms with Crippen LogP contribution in [-0.4, -0.2) is 29.4 Å². The van der Waals surface area contributed by atoms with Crippen LogP contribution in [0.4, 0.5) is 5.69 Å². The Morgan fingerprint density at radius 1 is 1.21 bits per heavy atom. The molecule has 1 fully saturated rings. The molecule has 2 aromatic carbocycles. The average Bonchev–Trinajstić information content (AvgIpc) is 2.96. The normalized spacial score (nSPS) is 16.4. The van der Waals surface area contributed by atoms with E-state index in [9.17, 15) is 14.7 Å². The van der Waals surface area contributed by atoms with Crippen molar-refractivity contribution in [1.82, 2.24) is 0 Å². The van der Waals surface area contributed by atoms with E-state index in [2.05, 4.69) is 0 Å². The number of anilines is 1. The van der Waals surface area contributed by atoms with Gasteiger partial charge in [0, 0.05) is 0 Å². The van der Waals surface area contributed by atoms with Crippen LogP contribution in [0.15, 0.2) is 53.4 Å². The van der Waals surface area contributed by atoms with Crippen molar-refractivity contribution < 1.29 is 24.2 Å². The van der Waals surface area contributed by atoms with E-state index in [1.165, 1.54) is 30.7 Å². The number of thiocarbonyl (C=S) groups is 1. The van der Waals surface area contributed by atoms with Gasteiger partial charge in [-0.05, 0) is 42.8 Å². The molecule has 0 bridgehead atoms. The molecule has 0 N–H and O–H groups in total. The van der Waals surface area contributed by atoms with Crippen LogP contribution in [0.3, 0.4) is 0 Å². The van der Waals surface area contributed by atoms with Gasteiger partial charge >= 0.3 is 0 Å². The highest BCUT2D eigenvalue weighted by Crippen LogP contribution is 2.37. The maximum absolute atomic E-state index is 12.8. The van der Waals surface area contributed by atoms with Crippen molar-refractivity contribution in [3.05, 3.63) is 59.0 Å². The van der Waals surface area contributed by atoms with Crippen LogP contribution in [-0.2, 0) is 9.59 Å². The van der Waals surface area contributed by atoms with Crippen molar-refractivity contribution >= 4 is 51.9 Å². The highest BCUT2D eigenvalue weighted by Gasteiger charge is 2.33. The highest BCUT2D eigenvalue weighted by atomic mass is 32.2. The Kier molecular flexibility index (Phi) is 6.01. The number of carbonyl (C=O) groups is 2. The van der Waals surface area contributed by atoms with Gasteiger partial charge in [0.1, 0.15) is 6.10 Å². The van der Waals surface area contributed by atoms with Gasteiger partial charge in [0.25, 0.3) is 5.91 Å². The number of amides is 1. The van der Waals surface area contributed by atoms with Crippen LogP contribution >= 0.6 is 24.0 Å². The zero-order chi connectivity index (χ0) is 20.3. The molecule has 0 saturated carbocycles. The largest absolute Gasteiger partial charge is 0.546 e. The van der Waals surface area contributed by atoms with Crippen LogP contribution in [0.5, 0.6) is 11.5 Å². The SMILES string of the molecule is COc1cc(/C=C2/SC(=S)N(c3ccccc3)C2=O)ccc1O[C@@H](C)C(=O)[O-]. The third-order valence-corrected chi connectivity index (χ3v) is 5.23. The third kappa shape index (κ3) is 4.18. The van der Waals surface area contributed by atoms with Crippen molar-refractivity contribution in [2.24, 2.45) is 0 Å². The number of rotatable bonds is 6. The Labute approximate surface area is 171 Å². The molecule has 1 saturated heterocycles. The fraction of sp³-hybridized carbons (Fsp3) is 0.150. The van der Waals surface area contributed by atoms with E-state index >= 15 is 0 Å². The monoisotopic (exact) mass is 414 g/mol. The third-order valence-electron chi connectivity index (χ3n) is 3.93. The first-order chi connectivity index (χ1) is 13.4. The van der Waals surface area contributed by atoms with Crippen LogP contribution in [0.1, 0.15) is 12.5 Å². The number of hydrogen-bond donors (Lipinski definition) is 0. The van der Waals surface area contributed by atoms with Gasteiger partial charge in [-0.1, -0.05) is 48.2 Å². The van der Waals surface area contributed by atoms with Crippen LogP contribution in [0.25, 0.3) is 6.08 Å². The summed E-state index contributed by atoms with van der Waals surface area (Å²) in [4.78, 5) is 25.6. The summed E-state index contributed by atoms with van der Waals surface area (Å²) in [6, 6.07) is 14.1. The Morgan fingerprint density at radius 3 is 2.57 bits per heavy atom. The van der Waals surface area contributed by atoms with Gasteiger partial charge < -0.3 is 19.4 Å². The summed E-state index contributed by atoms with van der Waals surface area (Å²) < 4.78 is 11.1. The summed E-state index contributed by atoms with van der Waals surface area (Å²) in [6.45, 7) is 1.37. The van der Waals surface area contributed by atoms with E-state index in [0.29, 0.717) is 26.2 Å². The molecule has 0 radical (unpaired) electrons. The minimum absolute atomic E-state index is 0.203. The molecule has 3 rings (SSSR count). The number of carboxylic acid groups (broad SMARTS) is 1. The second-order valence-corrected chi connectivity index (χ2v) is 7.52. The van der Waals surface area contributed by atoms with E-state index < -0.39 is 12.1 Å². The minimum atomic E-state index is -1.32. The first-order valence-corrected chi connectivity index (χ1v) is 9.51. The first kappa shape index (κ1) is 19.9. The number of para-hydroxylation sites is 1. The number of nitrogens with zero attached hydrogens (tertiary/aromatic N) is 1. The Balaban J connectivity index is 1.86. The topological polar surface area (TPSA) is 78.9 Å². The molecule has 1 aliphatic heterocycles. The zero-order valence-corrected chi connectivity index (χ0v) is 16.7. The van der Waals surface area contributed by atoms with Gasteiger partial charge in [0.05, 0.1) is 23.7 Å². The quantitative estimate of drug-likeness (QED) is 0.531. The van der Waals surface area contributed by atoms with Crippen LogP contribution < -0.4 is 19.5 Å². The highest BCUT2D eigenvalue weighted by molar-refractivity contribution is 8.27. The predicted octanol–water partition coefficient (Wildman–Crippen LogP) is 2.62. The fourth-order valence-corrected chi connectivity index (χ4v) is 3.83. The van der Waals surface area contributed by atoms with Crippen molar-refractivity contribution in [2.75, 3.05) is 12.0 Å². The molecule has 1 heterocycles. The lowest BCUT2D eigenvalue weighted by atomic mass is 10.1. The first-order valence-electron chi connectivity index (χ1n) is 8.29. The summed E-state index contributed by atoms with van der Waals surface area (Å²) in [6.07, 6.45) is 0.582. The maximum Gasteiger partial charge on any atom is 0.270 e. The number of benzene rings is 2. The van der Waals surface area contributed by atoms with Crippen LogP contribution in [0.2, 0.25) is 0 Å². The number of carbonyl (C=O) groups excluding carboxylic acids is 2. The van der Waals surface area contributed by atoms with Crippen molar-refractivity contribution in [3.63, 3.8) is 0 Å². The fourth-order valence-electron chi connectivity index (χ4n) is 2.53. The zero-order valence-electron chi connectivity index (χ0n) is 15.1. The van der Waals surface area contributed by atoms with Crippen LogP contribution in [0, 0.1) is 0 Å². The molecule has 6 nitrogen and oxygen atoms in total. The molecule has 144 valence electrons. The van der Waals surface area contributed by atoms with E-state index in [1.54, 1.807) is 24.3 Å². The molecule has 1 atom stereocenters. The Hall–Kier alpha value is -2.84. The molecule has 0 aliphatic carbocycles. The summed E-state index contributed by atoms with van der Waals surface area (Å²) in [5.41, 5.74) is 1.41. The summed E-state index contributed by atoms with van der Waals surface area (Å²) in [5.74, 6) is -0.907. The van der Waals surface area contributed by atoms with Crippen molar-refractivity contribution in [1.29, 1.82) is 0 Å². The minimum Gasteiger partial charge on any atom is -0.546 e. The smallest absolute Gasteiger partial charge is 0.270 e. The molecule has 0 unspecified atom stereocenters. The van der Waals surface area contributed by atoms with Gasteiger partial charge in [-0.25, -0.2) is 0 Å². The standard InChI is InChI=1S/C20H17NO5S2/c1-12(19(23)24)26-15-9-8-13(10-16(15)25-2)11-17-18(22)21(20(27)28-17)14-6-4-3-5-7-14/h3-12H,1-2H3,(H,23,24)/p-1/b17-11+/t12-/m0/s1. The van der Waals surface area contributed by atoms with Gasteiger partial charge in [-0.3, -0.25) is 9.69 Å². The number of hydrogen-bond acceptors (Lipinski definition) is 7. The molecule has 2 aromatic rings. The van der Waals surface area contributed by atoms with E-state index in [0.717, 1.165) is 0 Å². The van der Waals surface area contributed by atoms with Crippen molar-refractivity contribution in [2.45, 2.75) is 13.0 Å². The van der Waals surface area contributed by atoms with Crippen molar-refractivity contribution in [3.8, 4) is 11.5 Å². The van der Waals surface area contributed by atoms with Gasteiger partial charge in [-0.2, -0.15) is 0 Å². The lowest BCUT2D eigenvalue weighted by molar-refractivity contribution is -0.312. The lowest BCUT2D eigenvalue weighted by Crippen LogP contribution is -2.37. The maximum atomic E-state index is 12.8. The Morgan fingerprint density at radius 2 is 1.93 bits per heavy atom. The number of aliphatic carboxylic acids is 1.